The fourth-order valence-corrected chi connectivity index (χ4v) is 4.01. The molecule has 132 valence electrons. The molecule has 0 saturated carbocycles. The minimum Gasteiger partial charge on any atom is -0.480 e. The molecule has 0 bridgehead atoms. The standard InChI is InChI=1S/C17H18N2O5S/c20-16(19-9-3-6-15(19)17(21)22)11-18-25(23,24)14-8-7-12-4-1-2-5-13(12)10-14/h1-2,4-5,7-8,10,15,18H,3,6,9,11H2,(H,21,22). The first-order chi connectivity index (χ1) is 11.9. The van der Waals surface area contributed by atoms with E-state index in [0.29, 0.717) is 19.4 Å². The van der Waals surface area contributed by atoms with Crippen molar-refractivity contribution in [3.8, 4) is 0 Å². The predicted molar refractivity (Wildman–Crippen MR) is 91.5 cm³/mol. The number of nitrogens with one attached hydrogen (secondary N) is 1. The van der Waals surface area contributed by atoms with Crippen molar-refractivity contribution in [3.63, 3.8) is 0 Å². The Bertz CT molecular complexity index is 926. The van der Waals surface area contributed by atoms with Crippen molar-refractivity contribution in [1.82, 2.24) is 9.62 Å². The van der Waals surface area contributed by atoms with E-state index in [0.717, 1.165) is 10.8 Å². The Balaban J connectivity index is 1.72. The summed E-state index contributed by atoms with van der Waals surface area (Å²) in [6.07, 6.45) is 0.985. The molecule has 1 heterocycles. The Morgan fingerprint density at radius 2 is 1.88 bits per heavy atom. The van der Waals surface area contributed by atoms with Gasteiger partial charge in [-0.1, -0.05) is 30.3 Å². The van der Waals surface area contributed by atoms with E-state index in [1.807, 2.05) is 18.2 Å². The predicted octanol–water partition coefficient (Wildman–Crippen LogP) is 1.19. The van der Waals surface area contributed by atoms with Gasteiger partial charge in [0.1, 0.15) is 6.04 Å². The van der Waals surface area contributed by atoms with E-state index < -0.39 is 34.5 Å². The molecular weight excluding hydrogens is 344 g/mol. The molecule has 0 radical (unpaired) electrons. The first kappa shape index (κ1) is 17.4. The van der Waals surface area contributed by atoms with E-state index in [-0.39, 0.29) is 4.90 Å². The third-order valence-corrected chi connectivity index (χ3v) is 5.70. The molecule has 1 fully saturated rings. The number of likely N-dealkylation sites (tertiary alicyclic amines) is 1. The van der Waals surface area contributed by atoms with Crippen LogP contribution in [0.15, 0.2) is 47.4 Å². The number of fused-ring (bicyclic) bond motifs is 1. The highest BCUT2D eigenvalue weighted by atomic mass is 32.2. The maximum atomic E-state index is 12.4. The van der Waals surface area contributed by atoms with Crippen molar-refractivity contribution in [2.45, 2.75) is 23.8 Å². The van der Waals surface area contributed by atoms with Crippen molar-refractivity contribution in [2.75, 3.05) is 13.1 Å². The number of carbonyl (C=O) groups excluding carboxylic acids is 1. The Morgan fingerprint density at radius 3 is 2.60 bits per heavy atom. The van der Waals surface area contributed by atoms with E-state index >= 15 is 0 Å². The van der Waals surface area contributed by atoms with E-state index in [2.05, 4.69) is 4.72 Å². The topological polar surface area (TPSA) is 104 Å². The lowest BCUT2D eigenvalue weighted by molar-refractivity contribution is -0.147. The van der Waals surface area contributed by atoms with Gasteiger partial charge in [0.25, 0.3) is 0 Å². The molecule has 8 heteroatoms. The van der Waals surface area contributed by atoms with Gasteiger partial charge in [0.2, 0.25) is 15.9 Å². The number of carbonyl (C=O) groups is 2. The summed E-state index contributed by atoms with van der Waals surface area (Å²) in [5.41, 5.74) is 0. The monoisotopic (exact) mass is 362 g/mol. The molecule has 1 atom stereocenters. The first-order valence-corrected chi connectivity index (χ1v) is 9.37. The first-order valence-electron chi connectivity index (χ1n) is 7.89. The number of carboxylic acids is 1. The molecule has 0 spiro atoms. The maximum absolute atomic E-state index is 12.4. The summed E-state index contributed by atoms with van der Waals surface area (Å²) < 4.78 is 27.1. The summed E-state index contributed by atoms with van der Waals surface area (Å²) in [6.45, 7) is -0.132. The fraction of sp³-hybridized carbons (Fsp3) is 0.294. The molecule has 1 aliphatic rings. The lowest BCUT2D eigenvalue weighted by Crippen LogP contribution is -2.45. The SMILES string of the molecule is O=C(O)C1CCCN1C(=O)CNS(=O)(=O)c1ccc2ccccc2c1. The van der Waals surface area contributed by atoms with E-state index in [1.165, 1.54) is 17.0 Å². The van der Waals surface area contributed by atoms with Gasteiger partial charge in [0, 0.05) is 6.54 Å². The second-order valence-electron chi connectivity index (χ2n) is 5.92. The summed E-state index contributed by atoms with van der Waals surface area (Å²) in [6, 6.07) is 11.2. The van der Waals surface area contributed by atoms with Crippen LogP contribution in [0.25, 0.3) is 10.8 Å². The number of sulfonamides is 1. The van der Waals surface area contributed by atoms with Gasteiger partial charge in [-0.25, -0.2) is 17.9 Å². The number of hydrogen-bond acceptors (Lipinski definition) is 4. The molecule has 2 aromatic carbocycles. The lowest BCUT2D eigenvalue weighted by Gasteiger charge is -2.21. The van der Waals surface area contributed by atoms with Gasteiger partial charge in [-0.2, -0.15) is 0 Å². The Kier molecular flexibility index (Phi) is 4.73. The molecular formula is C17H18N2O5S. The number of nitrogens with zero attached hydrogens (tertiary/aromatic N) is 1. The van der Waals surface area contributed by atoms with Gasteiger partial charge < -0.3 is 10.0 Å². The largest absolute Gasteiger partial charge is 0.480 e. The van der Waals surface area contributed by atoms with Crippen molar-refractivity contribution >= 4 is 32.7 Å². The van der Waals surface area contributed by atoms with E-state index in [9.17, 15) is 18.0 Å². The van der Waals surface area contributed by atoms with Gasteiger partial charge >= 0.3 is 5.97 Å². The minimum atomic E-state index is -3.86. The van der Waals surface area contributed by atoms with Crippen LogP contribution in [-0.2, 0) is 19.6 Å². The highest BCUT2D eigenvalue weighted by Crippen LogP contribution is 2.20. The normalized spacial score (nSPS) is 17.8. The maximum Gasteiger partial charge on any atom is 0.326 e. The Morgan fingerprint density at radius 1 is 1.16 bits per heavy atom. The summed E-state index contributed by atoms with van der Waals surface area (Å²) in [7, 11) is -3.86. The van der Waals surface area contributed by atoms with Crippen molar-refractivity contribution in [3.05, 3.63) is 42.5 Å². The number of rotatable bonds is 5. The smallest absolute Gasteiger partial charge is 0.326 e. The summed E-state index contributed by atoms with van der Waals surface area (Å²) in [5.74, 6) is -1.60. The number of benzene rings is 2. The molecule has 1 saturated heterocycles. The van der Waals surface area contributed by atoms with Crippen molar-refractivity contribution < 1.29 is 23.1 Å². The number of carboxylic acid groups (broad SMARTS) is 1. The van der Waals surface area contributed by atoms with Crippen LogP contribution < -0.4 is 4.72 Å². The van der Waals surface area contributed by atoms with E-state index in [1.54, 1.807) is 12.1 Å². The van der Waals surface area contributed by atoms with Crippen LogP contribution in [-0.4, -0.2) is 49.4 Å². The van der Waals surface area contributed by atoms with Gasteiger partial charge in [-0.15, -0.1) is 0 Å². The second-order valence-corrected chi connectivity index (χ2v) is 7.68. The Labute approximate surface area is 145 Å². The summed E-state index contributed by atoms with van der Waals surface area (Å²) >= 11 is 0. The third-order valence-electron chi connectivity index (χ3n) is 4.30. The zero-order valence-corrected chi connectivity index (χ0v) is 14.2. The van der Waals surface area contributed by atoms with Gasteiger partial charge in [0.15, 0.2) is 0 Å². The molecule has 2 aromatic rings. The summed E-state index contributed by atoms with van der Waals surface area (Å²) in [5, 5.41) is 10.8. The van der Waals surface area contributed by atoms with Crippen LogP contribution in [0.4, 0.5) is 0 Å². The average molecular weight is 362 g/mol. The lowest BCUT2D eigenvalue weighted by atomic mass is 10.1. The van der Waals surface area contributed by atoms with Crippen molar-refractivity contribution in [1.29, 1.82) is 0 Å². The van der Waals surface area contributed by atoms with Crippen LogP contribution in [0, 0.1) is 0 Å². The second kappa shape index (κ2) is 6.81. The number of aliphatic carboxylic acids is 1. The van der Waals surface area contributed by atoms with Crippen LogP contribution in [0.5, 0.6) is 0 Å². The molecule has 0 aliphatic carbocycles. The molecule has 3 rings (SSSR count). The highest BCUT2D eigenvalue weighted by molar-refractivity contribution is 7.89. The van der Waals surface area contributed by atoms with Gasteiger partial charge in [-0.3, -0.25) is 4.79 Å². The zero-order valence-electron chi connectivity index (χ0n) is 13.4. The van der Waals surface area contributed by atoms with E-state index in [4.69, 9.17) is 5.11 Å². The number of hydrogen-bond donors (Lipinski definition) is 2. The molecule has 0 aromatic heterocycles. The molecule has 7 nitrogen and oxygen atoms in total. The molecule has 1 amide bonds. The van der Waals surface area contributed by atoms with Crippen LogP contribution in [0.2, 0.25) is 0 Å². The summed E-state index contributed by atoms with van der Waals surface area (Å²) in [4.78, 5) is 24.6. The Hall–Kier alpha value is -2.45. The van der Waals surface area contributed by atoms with Crippen LogP contribution >= 0.6 is 0 Å². The van der Waals surface area contributed by atoms with Crippen LogP contribution in [0.3, 0.4) is 0 Å². The zero-order chi connectivity index (χ0) is 18.0. The highest BCUT2D eigenvalue weighted by Gasteiger charge is 2.34. The average Bonchev–Trinajstić information content (AvgIpc) is 3.09. The molecule has 1 unspecified atom stereocenters. The molecule has 1 aliphatic heterocycles. The fourth-order valence-electron chi connectivity index (χ4n) is 3.00. The van der Waals surface area contributed by atoms with Crippen LogP contribution in [0.1, 0.15) is 12.8 Å². The van der Waals surface area contributed by atoms with Gasteiger partial charge in [-0.05, 0) is 35.7 Å². The number of amides is 1. The molecule has 25 heavy (non-hydrogen) atoms. The van der Waals surface area contributed by atoms with Gasteiger partial charge in [0.05, 0.1) is 11.4 Å². The minimum absolute atomic E-state index is 0.0650. The van der Waals surface area contributed by atoms with Crippen molar-refractivity contribution in [2.24, 2.45) is 0 Å². The third kappa shape index (κ3) is 3.64. The quantitative estimate of drug-likeness (QED) is 0.832. The molecule has 2 N–H and O–H groups in total.